The van der Waals surface area contributed by atoms with E-state index in [1.54, 1.807) is 0 Å². The maximum atomic E-state index is 12.6. The second-order valence-electron chi connectivity index (χ2n) is 3.25. The largest absolute Gasteiger partial charge is 0.478 e. The first-order valence-electron chi connectivity index (χ1n) is 4.74. The van der Waals surface area contributed by atoms with E-state index in [0.717, 1.165) is 12.1 Å². The van der Waals surface area contributed by atoms with Crippen LogP contribution in [0.5, 0.6) is 5.75 Å². The third kappa shape index (κ3) is 4.02. The minimum Gasteiger partial charge on any atom is -0.478 e. The molecule has 0 radical (unpaired) electrons. The molecule has 0 amide bonds. The summed E-state index contributed by atoms with van der Waals surface area (Å²) in [7, 11) is 0. The van der Waals surface area contributed by atoms with Crippen LogP contribution in [0.15, 0.2) is 36.1 Å². The van der Waals surface area contributed by atoms with Gasteiger partial charge in [0, 0.05) is 0 Å². The molecule has 0 heterocycles. The Hall–Kier alpha value is -2.51. The summed E-state index contributed by atoms with van der Waals surface area (Å²) in [5.41, 5.74) is -1.20. The minimum atomic E-state index is -4.75. The van der Waals surface area contributed by atoms with Gasteiger partial charge in [0.15, 0.2) is 0 Å². The number of ether oxygens (including phenoxy) is 1. The van der Waals surface area contributed by atoms with E-state index in [1.165, 1.54) is 6.07 Å². The molecule has 8 heteroatoms. The summed E-state index contributed by atoms with van der Waals surface area (Å²) >= 11 is 0. The summed E-state index contributed by atoms with van der Waals surface area (Å²) in [6, 6.07) is 3.87. The number of carboxylic acids is 2. The number of hydrogen-bond acceptors (Lipinski definition) is 3. The van der Waals surface area contributed by atoms with Crippen molar-refractivity contribution in [1.82, 2.24) is 0 Å². The molecule has 0 spiro atoms. The topological polar surface area (TPSA) is 83.8 Å². The van der Waals surface area contributed by atoms with Gasteiger partial charge in [0.25, 0.3) is 0 Å². The molecule has 0 saturated carbocycles. The van der Waals surface area contributed by atoms with Crippen molar-refractivity contribution in [2.24, 2.45) is 0 Å². The van der Waals surface area contributed by atoms with Gasteiger partial charge in [-0.1, -0.05) is 12.1 Å². The van der Waals surface area contributed by atoms with Gasteiger partial charge in [-0.3, -0.25) is 0 Å². The third-order valence-electron chi connectivity index (χ3n) is 1.88. The number of hydrogen-bond donors (Lipinski definition) is 2. The smallest absolute Gasteiger partial charge is 0.419 e. The molecule has 1 aromatic carbocycles. The molecule has 0 atom stereocenters. The second-order valence-corrected chi connectivity index (χ2v) is 3.25. The van der Waals surface area contributed by atoms with Crippen LogP contribution in [0.2, 0.25) is 0 Å². The number of para-hydroxylation sites is 1. The Morgan fingerprint density at radius 1 is 1.16 bits per heavy atom. The molecule has 102 valence electrons. The molecule has 0 unspecified atom stereocenters. The number of carboxylic acid groups (broad SMARTS) is 2. The molecule has 0 aliphatic carbocycles. The van der Waals surface area contributed by atoms with Crippen molar-refractivity contribution >= 4 is 11.9 Å². The van der Waals surface area contributed by atoms with Crippen molar-refractivity contribution in [3.05, 3.63) is 41.7 Å². The van der Waals surface area contributed by atoms with Gasteiger partial charge in [-0.05, 0) is 12.1 Å². The van der Waals surface area contributed by atoms with Crippen LogP contribution in [-0.4, -0.2) is 22.2 Å². The predicted molar refractivity (Wildman–Crippen MR) is 55.4 cm³/mol. The molecular weight excluding hydrogens is 269 g/mol. The van der Waals surface area contributed by atoms with Crippen LogP contribution in [0.3, 0.4) is 0 Å². The first kappa shape index (κ1) is 14.6. The van der Waals surface area contributed by atoms with Crippen molar-refractivity contribution in [1.29, 1.82) is 0 Å². The number of aliphatic carboxylic acids is 2. The van der Waals surface area contributed by atoms with E-state index in [0.29, 0.717) is 6.07 Å². The van der Waals surface area contributed by atoms with Gasteiger partial charge in [0.2, 0.25) is 5.76 Å². The third-order valence-corrected chi connectivity index (χ3v) is 1.88. The molecule has 0 bridgehead atoms. The van der Waals surface area contributed by atoms with Gasteiger partial charge >= 0.3 is 18.1 Å². The highest BCUT2D eigenvalue weighted by Gasteiger charge is 2.34. The van der Waals surface area contributed by atoms with Gasteiger partial charge in [0.05, 0.1) is 11.6 Å². The monoisotopic (exact) mass is 276 g/mol. The maximum absolute atomic E-state index is 12.6. The molecule has 0 aliphatic heterocycles. The zero-order valence-corrected chi connectivity index (χ0v) is 9.14. The van der Waals surface area contributed by atoms with E-state index in [1.807, 2.05) is 0 Å². The maximum Gasteiger partial charge on any atom is 0.419 e. The lowest BCUT2D eigenvalue weighted by atomic mass is 10.2. The standard InChI is InChI=1S/C11H7F3O5/c12-11(13,14)6-3-1-2-4-7(6)19-8(10(17)18)5-9(15)16/h1-5H,(H,15,16)(H,17,18)/b8-5+. The molecule has 1 aromatic rings. The first-order valence-corrected chi connectivity index (χ1v) is 4.74. The first-order chi connectivity index (χ1) is 8.71. The van der Waals surface area contributed by atoms with Gasteiger partial charge in [-0.2, -0.15) is 13.2 Å². The summed E-state index contributed by atoms with van der Waals surface area (Å²) in [5.74, 6) is -5.35. The number of carbonyl (C=O) groups is 2. The molecule has 0 aliphatic rings. The van der Waals surface area contributed by atoms with Gasteiger partial charge in [-0.25, -0.2) is 9.59 Å². The van der Waals surface area contributed by atoms with Crippen LogP contribution in [0, 0.1) is 0 Å². The van der Waals surface area contributed by atoms with E-state index >= 15 is 0 Å². The SMILES string of the molecule is O=C(O)/C=C(/Oc1ccccc1C(F)(F)F)C(=O)O. The summed E-state index contributed by atoms with van der Waals surface area (Å²) < 4.78 is 42.3. The van der Waals surface area contributed by atoms with Crippen molar-refractivity contribution < 1.29 is 37.7 Å². The molecule has 2 N–H and O–H groups in total. The summed E-state index contributed by atoms with van der Waals surface area (Å²) in [5, 5.41) is 17.0. The van der Waals surface area contributed by atoms with E-state index in [4.69, 9.17) is 10.2 Å². The second kappa shape index (κ2) is 5.42. The van der Waals surface area contributed by atoms with Crippen LogP contribution in [0.25, 0.3) is 0 Å². The summed E-state index contributed by atoms with van der Waals surface area (Å²) in [6.07, 6.45) is -4.58. The number of halogens is 3. The number of rotatable bonds is 4. The highest BCUT2D eigenvalue weighted by atomic mass is 19.4. The quantitative estimate of drug-likeness (QED) is 0.650. The van der Waals surface area contributed by atoms with E-state index in [2.05, 4.69) is 4.74 Å². The average Bonchev–Trinajstić information content (AvgIpc) is 2.26. The fraction of sp³-hybridized carbons (Fsp3) is 0.0909. The Labute approximate surface area is 104 Å². The molecule has 0 fully saturated rings. The van der Waals surface area contributed by atoms with Crippen LogP contribution >= 0.6 is 0 Å². The van der Waals surface area contributed by atoms with Crippen molar-refractivity contribution in [3.8, 4) is 5.75 Å². The lowest BCUT2D eigenvalue weighted by Gasteiger charge is -2.13. The highest BCUT2D eigenvalue weighted by Crippen LogP contribution is 2.36. The van der Waals surface area contributed by atoms with Gasteiger partial charge in [0.1, 0.15) is 5.75 Å². The van der Waals surface area contributed by atoms with Crippen LogP contribution < -0.4 is 4.74 Å². The molecule has 19 heavy (non-hydrogen) atoms. The Morgan fingerprint density at radius 3 is 2.21 bits per heavy atom. The summed E-state index contributed by atoms with van der Waals surface area (Å²) in [4.78, 5) is 21.0. The van der Waals surface area contributed by atoms with Gasteiger partial charge < -0.3 is 14.9 Å². The lowest BCUT2D eigenvalue weighted by molar-refractivity contribution is -0.141. The Morgan fingerprint density at radius 2 is 1.74 bits per heavy atom. The molecular formula is C11H7F3O5. The van der Waals surface area contributed by atoms with Crippen molar-refractivity contribution in [2.45, 2.75) is 6.18 Å². The molecule has 5 nitrogen and oxygen atoms in total. The van der Waals surface area contributed by atoms with E-state index < -0.39 is 35.2 Å². The highest BCUT2D eigenvalue weighted by molar-refractivity contribution is 5.93. The number of benzene rings is 1. The zero-order valence-electron chi connectivity index (χ0n) is 9.14. The summed E-state index contributed by atoms with van der Waals surface area (Å²) in [6.45, 7) is 0. The molecule has 0 aromatic heterocycles. The predicted octanol–water partition coefficient (Wildman–Crippen LogP) is 2.14. The Bertz CT molecular complexity index is 533. The molecule has 0 saturated heterocycles. The lowest BCUT2D eigenvalue weighted by Crippen LogP contribution is -2.13. The Balaban J connectivity index is 3.18. The molecule has 1 rings (SSSR count). The van der Waals surface area contributed by atoms with Crippen molar-refractivity contribution in [3.63, 3.8) is 0 Å². The minimum absolute atomic E-state index is 0.162. The number of alkyl halides is 3. The normalized spacial score (nSPS) is 12.1. The van der Waals surface area contributed by atoms with Crippen LogP contribution in [-0.2, 0) is 15.8 Å². The van der Waals surface area contributed by atoms with E-state index in [9.17, 15) is 22.8 Å². The van der Waals surface area contributed by atoms with Crippen molar-refractivity contribution in [2.75, 3.05) is 0 Å². The Kier molecular flexibility index (Phi) is 4.15. The zero-order chi connectivity index (χ0) is 14.6. The van der Waals surface area contributed by atoms with Crippen LogP contribution in [0.4, 0.5) is 13.2 Å². The van der Waals surface area contributed by atoms with Gasteiger partial charge in [-0.15, -0.1) is 0 Å². The average molecular weight is 276 g/mol. The fourth-order valence-electron chi connectivity index (χ4n) is 1.16. The fourth-order valence-corrected chi connectivity index (χ4v) is 1.16. The van der Waals surface area contributed by atoms with E-state index in [-0.39, 0.29) is 6.08 Å². The van der Waals surface area contributed by atoms with Crippen LogP contribution in [0.1, 0.15) is 5.56 Å².